The maximum atomic E-state index is 12.5. The molecule has 1 aromatic carbocycles. The monoisotopic (exact) mass is 547 g/mol. The number of carbonyl (C=O) groups is 1. The number of nitrogens with one attached hydrogen (secondary N) is 3. The van der Waals surface area contributed by atoms with E-state index in [-0.39, 0.29) is 11.9 Å². The molecule has 5 aliphatic rings. The lowest BCUT2D eigenvalue weighted by Gasteiger charge is -2.41. The summed E-state index contributed by atoms with van der Waals surface area (Å²) in [7, 11) is 1.74. The highest BCUT2D eigenvalue weighted by Crippen LogP contribution is 2.24. The number of nitrogens with two attached hydrogens (primary N) is 1. The number of ether oxygens (including phenoxy) is 1. The molecule has 7 heterocycles. The molecule has 3 unspecified atom stereocenters. The smallest absolute Gasteiger partial charge is 0.234 e. The summed E-state index contributed by atoms with van der Waals surface area (Å²) < 4.78 is 5.54. The van der Waals surface area contributed by atoms with Gasteiger partial charge in [-0.25, -0.2) is 15.0 Å². The second kappa shape index (κ2) is 15.2. The topological polar surface area (TPSA) is 134 Å². The third kappa shape index (κ3) is 8.68. The minimum Gasteiger partial charge on any atom is -0.383 e. The summed E-state index contributed by atoms with van der Waals surface area (Å²) in [4.78, 5) is 30.6. The molecule has 11 heteroatoms. The summed E-state index contributed by atoms with van der Waals surface area (Å²) in [6, 6.07) is 12.6. The van der Waals surface area contributed by atoms with Gasteiger partial charge in [0, 0.05) is 82.3 Å². The van der Waals surface area contributed by atoms with E-state index in [4.69, 9.17) is 10.5 Å². The van der Waals surface area contributed by atoms with Gasteiger partial charge >= 0.3 is 0 Å². The number of amides is 1. The number of nitrogens with zero attached hydrogens (tertiary/aromatic N) is 5. The molecule has 8 rings (SSSR count). The second-order valence-corrected chi connectivity index (χ2v) is 9.90. The first kappa shape index (κ1) is 29.3. The van der Waals surface area contributed by atoms with Crippen LogP contribution in [0.1, 0.15) is 18.9 Å². The fourth-order valence-electron chi connectivity index (χ4n) is 4.81. The Hall–Kier alpha value is -3.64. The van der Waals surface area contributed by atoms with Crippen molar-refractivity contribution in [2.45, 2.75) is 25.9 Å². The van der Waals surface area contributed by atoms with E-state index in [1.54, 1.807) is 25.7 Å². The van der Waals surface area contributed by atoms with Gasteiger partial charge in [0.05, 0.1) is 13.2 Å². The largest absolute Gasteiger partial charge is 0.383 e. The molecule has 5 aliphatic heterocycles. The van der Waals surface area contributed by atoms with E-state index in [1.807, 2.05) is 25.1 Å². The van der Waals surface area contributed by atoms with Gasteiger partial charge < -0.3 is 26.4 Å². The molecule has 0 spiro atoms. The Morgan fingerprint density at radius 3 is 2.62 bits per heavy atom. The van der Waals surface area contributed by atoms with Gasteiger partial charge in [-0.1, -0.05) is 19.1 Å². The normalized spacial score (nSPS) is 21.3. The van der Waals surface area contributed by atoms with Crippen LogP contribution in [0, 0.1) is 0 Å². The molecule has 0 saturated carbocycles. The van der Waals surface area contributed by atoms with Crippen LogP contribution in [0.4, 0.5) is 17.5 Å². The number of piperazine rings is 1. The van der Waals surface area contributed by atoms with Gasteiger partial charge in [0.1, 0.15) is 5.82 Å². The van der Waals surface area contributed by atoms with Gasteiger partial charge in [-0.3, -0.25) is 14.6 Å². The lowest BCUT2D eigenvalue weighted by Crippen LogP contribution is -2.56. The van der Waals surface area contributed by atoms with E-state index in [1.165, 1.54) is 5.56 Å². The Balaban J connectivity index is 0.00000118. The van der Waals surface area contributed by atoms with Gasteiger partial charge in [-0.2, -0.15) is 0 Å². The van der Waals surface area contributed by atoms with Crippen molar-refractivity contribution in [3.05, 3.63) is 60.6 Å². The van der Waals surface area contributed by atoms with Crippen LogP contribution < -0.4 is 21.7 Å². The van der Waals surface area contributed by atoms with Crippen molar-refractivity contribution >= 4 is 23.4 Å². The minimum atomic E-state index is 0.0535. The van der Waals surface area contributed by atoms with Crippen LogP contribution in [0.2, 0.25) is 0 Å². The molecular weight excluding hydrogens is 506 g/mol. The Morgan fingerprint density at radius 1 is 1.02 bits per heavy atom. The van der Waals surface area contributed by atoms with Crippen LogP contribution in [0.5, 0.6) is 0 Å². The first-order valence-electron chi connectivity index (χ1n) is 13.9. The maximum Gasteiger partial charge on any atom is 0.234 e. The number of methoxy groups -OCH3 is 1. The van der Waals surface area contributed by atoms with Crippen molar-refractivity contribution in [3.63, 3.8) is 0 Å². The summed E-state index contributed by atoms with van der Waals surface area (Å²) in [5.74, 6) is 1.38. The predicted octanol–water partition coefficient (Wildman–Crippen LogP) is 2.31. The molecule has 3 aromatic rings. The predicted molar refractivity (Wildman–Crippen MR) is 158 cm³/mol. The van der Waals surface area contributed by atoms with Crippen LogP contribution in [-0.2, 0) is 16.1 Å². The number of aromatic nitrogens is 3. The molecule has 214 valence electrons. The molecule has 1 saturated heterocycles. The van der Waals surface area contributed by atoms with E-state index >= 15 is 0 Å². The Kier molecular flexibility index (Phi) is 11.2. The summed E-state index contributed by atoms with van der Waals surface area (Å²) >= 11 is 0. The third-order valence-electron chi connectivity index (χ3n) is 6.70. The van der Waals surface area contributed by atoms with E-state index in [2.05, 4.69) is 58.9 Å². The highest BCUT2D eigenvalue weighted by molar-refractivity contribution is 5.78. The van der Waals surface area contributed by atoms with Gasteiger partial charge in [-0.05, 0) is 48.4 Å². The van der Waals surface area contributed by atoms with Crippen molar-refractivity contribution in [2.24, 2.45) is 5.73 Å². The molecule has 1 amide bonds. The maximum absolute atomic E-state index is 12.5. The first-order chi connectivity index (χ1) is 19.6. The van der Waals surface area contributed by atoms with Gasteiger partial charge in [-0.15, -0.1) is 0 Å². The number of benzene rings is 1. The summed E-state index contributed by atoms with van der Waals surface area (Å²) in [6.07, 6.45) is 6.19. The van der Waals surface area contributed by atoms with E-state index < -0.39 is 0 Å². The lowest BCUT2D eigenvalue weighted by atomic mass is 10.1. The van der Waals surface area contributed by atoms with Crippen molar-refractivity contribution in [1.29, 1.82) is 0 Å². The fraction of sp³-hybridized carbons (Fsp3) is 0.448. The highest BCUT2D eigenvalue weighted by Gasteiger charge is 2.28. The molecule has 40 heavy (non-hydrogen) atoms. The van der Waals surface area contributed by atoms with Crippen LogP contribution in [0.25, 0.3) is 11.1 Å². The van der Waals surface area contributed by atoms with Crippen LogP contribution in [-0.4, -0.2) is 96.2 Å². The molecule has 0 aliphatic carbocycles. The van der Waals surface area contributed by atoms with E-state index in [9.17, 15) is 4.79 Å². The van der Waals surface area contributed by atoms with Crippen LogP contribution in [0.3, 0.4) is 0 Å². The van der Waals surface area contributed by atoms with E-state index in [0.717, 1.165) is 61.8 Å². The van der Waals surface area contributed by atoms with Crippen molar-refractivity contribution in [1.82, 2.24) is 30.1 Å². The standard InChI is InChI=1S/C27H34N8O2.C2H7N/c1-37-19-24-17-34-10-11-35(24)16-20-4-2-5-23(12-20)33-25-13-21(6-9-28-25)22-14-31-27(32-15-22)30-8-3-7-29-26(36)18-34;1-2-3/h2,4-6,9,12-15,24H,3,7-8,10-11,16-19H2,1H3,(H,28,33)(H,29,36)(H,30,31,32);2-3H2,1H3. The fourth-order valence-corrected chi connectivity index (χ4v) is 4.81. The van der Waals surface area contributed by atoms with Crippen molar-refractivity contribution < 1.29 is 9.53 Å². The number of rotatable bonds is 2. The zero-order valence-electron chi connectivity index (χ0n) is 23.5. The molecule has 5 N–H and O–H groups in total. The quantitative estimate of drug-likeness (QED) is 0.379. The Labute approximate surface area is 236 Å². The zero-order valence-corrected chi connectivity index (χ0v) is 23.5. The summed E-state index contributed by atoms with van der Waals surface area (Å²) in [5.41, 5.74) is 8.94. The molecule has 0 radical (unpaired) electrons. The molecule has 11 nitrogen and oxygen atoms in total. The van der Waals surface area contributed by atoms with Crippen LogP contribution >= 0.6 is 0 Å². The molecular formula is C29H41N9O2. The molecule has 3 atom stereocenters. The molecule has 8 bridgehead atoms. The number of anilines is 3. The van der Waals surface area contributed by atoms with Gasteiger partial charge in [0.15, 0.2) is 0 Å². The molecule has 1 fully saturated rings. The summed E-state index contributed by atoms with van der Waals surface area (Å²) in [6.45, 7) is 8.29. The zero-order chi connectivity index (χ0) is 28.2. The Morgan fingerprint density at radius 2 is 1.82 bits per heavy atom. The average molecular weight is 548 g/mol. The minimum absolute atomic E-state index is 0.0535. The lowest BCUT2D eigenvalue weighted by molar-refractivity contribution is -0.123. The first-order valence-corrected chi connectivity index (χ1v) is 13.9. The third-order valence-corrected chi connectivity index (χ3v) is 6.70. The number of hydrogen-bond donors (Lipinski definition) is 4. The molecule has 2 aromatic heterocycles. The highest BCUT2D eigenvalue weighted by atomic mass is 16.5. The number of carbonyl (C=O) groups excluding carboxylic acids is 1. The van der Waals surface area contributed by atoms with Crippen LogP contribution in [0.15, 0.2) is 55.0 Å². The van der Waals surface area contributed by atoms with Crippen molar-refractivity contribution in [3.8, 4) is 11.1 Å². The SMILES string of the molecule is CCN.COCC1CN2CCN1Cc1cccc(c1)Nc1cc(ccn1)-c1cnc(nc1)NCCCNC(=O)C2. The Bertz CT molecular complexity index is 1210. The van der Waals surface area contributed by atoms with Gasteiger partial charge in [0.2, 0.25) is 11.9 Å². The second-order valence-electron chi connectivity index (χ2n) is 9.90. The van der Waals surface area contributed by atoms with Crippen molar-refractivity contribution in [2.75, 3.05) is 70.2 Å². The van der Waals surface area contributed by atoms with E-state index in [0.29, 0.717) is 32.2 Å². The van der Waals surface area contributed by atoms with Gasteiger partial charge in [0.25, 0.3) is 0 Å². The summed E-state index contributed by atoms with van der Waals surface area (Å²) in [5, 5.41) is 9.71. The average Bonchev–Trinajstić information content (AvgIpc) is 2.95. The number of pyridine rings is 1. The number of hydrogen-bond acceptors (Lipinski definition) is 10.